The molecule has 0 N–H and O–H groups in total. The quantitative estimate of drug-likeness (QED) is 0.713. The van der Waals surface area contributed by atoms with Gasteiger partial charge >= 0.3 is 0 Å². The average Bonchev–Trinajstić information content (AvgIpc) is 2.73. The molecule has 3 rings (SSSR count). The molecule has 0 aromatic heterocycles. The summed E-state index contributed by atoms with van der Waals surface area (Å²) in [5.41, 5.74) is 1.41. The van der Waals surface area contributed by atoms with Crippen molar-refractivity contribution < 1.29 is 4.79 Å². The number of carbonyl (C=O) groups is 1. The Morgan fingerprint density at radius 2 is 1.82 bits per heavy atom. The van der Waals surface area contributed by atoms with Crippen LogP contribution < -0.4 is 0 Å². The molecule has 28 heavy (non-hydrogen) atoms. The van der Waals surface area contributed by atoms with Crippen molar-refractivity contribution in [1.82, 2.24) is 14.7 Å². The zero-order valence-electron chi connectivity index (χ0n) is 18.1. The van der Waals surface area contributed by atoms with Crippen molar-refractivity contribution in [3.8, 4) is 0 Å². The maximum atomic E-state index is 12.9. The summed E-state index contributed by atoms with van der Waals surface area (Å²) in [7, 11) is 1.99. The number of nitrogens with zero attached hydrogens (tertiary/aromatic N) is 3. The fourth-order valence-corrected chi connectivity index (χ4v) is 4.70. The van der Waals surface area contributed by atoms with Gasteiger partial charge in [-0.3, -0.25) is 14.6 Å². The van der Waals surface area contributed by atoms with E-state index < -0.39 is 0 Å². The van der Waals surface area contributed by atoms with Gasteiger partial charge in [-0.25, -0.2) is 0 Å². The molecule has 0 bridgehead atoms. The molecule has 2 aliphatic rings. The molecule has 2 aliphatic heterocycles. The van der Waals surface area contributed by atoms with Crippen LogP contribution in [0.4, 0.5) is 0 Å². The van der Waals surface area contributed by atoms with E-state index in [-0.39, 0.29) is 5.92 Å². The molecule has 1 atom stereocenters. The van der Waals surface area contributed by atoms with Gasteiger partial charge in [0.1, 0.15) is 0 Å². The molecular formula is C24H39N3O. The summed E-state index contributed by atoms with van der Waals surface area (Å²) in [6.07, 6.45) is 5.79. The predicted octanol–water partition coefficient (Wildman–Crippen LogP) is 3.87. The average molecular weight is 386 g/mol. The summed E-state index contributed by atoms with van der Waals surface area (Å²) in [5, 5.41) is 0. The van der Waals surface area contributed by atoms with E-state index in [1.54, 1.807) is 0 Å². The number of benzene rings is 1. The summed E-state index contributed by atoms with van der Waals surface area (Å²) in [5.74, 6) is 1.22. The van der Waals surface area contributed by atoms with Gasteiger partial charge in [-0.15, -0.1) is 0 Å². The minimum absolute atomic E-state index is 0.202. The molecule has 1 amide bonds. The van der Waals surface area contributed by atoms with Crippen LogP contribution in [0, 0.1) is 11.8 Å². The summed E-state index contributed by atoms with van der Waals surface area (Å²) < 4.78 is 0. The Kier molecular flexibility index (Phi) is 7.92. The lowest BCUT2D eigenvalue weighted by Crippen LogP contribution is -2.50. The molecule has 1 aromatic carbocycles. The van der Waals surface area contributed by atoms with Crippen LogP contribution in [0.5, 0.6) is 0 Å². The first kappa shape index (κ1) is 21.3. The summed E-state index contributed by atoms with van der Waals surface area (Å²) in [6, 6.07) is 11.5. The molecule has 0 radical (unpaired) electrons. The smallest absolute Gasteiger partial charge is 0.226 e. The molecule has 2 saturated heterocycles. The van der Waals surface area contributed by atoms with Crippen molar-refractivity contribution in [1.29, 1.82) is 0 Å². The molecule has 2 heterocycles. The highest BCUT2D eigenvalue weighted by Gasteiger charge is 2.32. The molecule has 0 unspecified atom stereocenters. The molecule has 4 nitrogen and oxygen atoms in total. The zero-order chi connectivity index (χ0) is 19.9. The third-order valence-corrected chi connectivity index (χ3v) is 6.54. The second-order valence-electron chi connectivity index (χ2n) is 9.27. The molecule has 156 valence electrons. The zero-order valence-corrected chi connectivity index (χ0v) is 18.1. The lowest BCUT2D eigenvalue weighted by molar-refractivity contribution is -0.136. The Morgan fingerprint density at radius 1 is 1.11 bits per heavy atom. The molecule has 2 fully saturated rings. The minimum atomic E-state index is 0.202. The van der Waals surface area contributed by atoms with Crippen LogP contribution in [0.15, 0.2) is 30.3 Å². The highest BCUT2D eigenvalue weighted by molar-refractivity contribution is 5.78. The Labute approximate surface area is 171 Å². The van der Waals surface area contributed by atoms with Crippen molar-refractivity contribution >= 4 is 5.91 Å². The predicted molar refractivity (Wildman–Crippen MR) is 116 cm³/mol. The van der Waals surface area contributed by atoms with Crippen LogP contribution in [-0.2, 0) is 11.3 Å². The van der Waals surface area contributed by atoms with Gasteiger partial charge in [-0.2, -0.15) is 0 Å². The van der Waals surface area contributed by atoms with Gasteiger partial charge in [-0.1, -0.05) is 44.2 Å². The van der Waals surface area contributed by atoms with Gasteiger partial charge in [0.2, 0.25) is 5.91 Å². The second kappa shape index (κ2) is 10.4. The fourth-order valence-electron chi connectivity index (χ4n) is 4.70. The number of amides is 1. The van der Waals surface area contributed by atoms with E-state index in [4.69, 9.17) is 0 Å². The van der Waals surface area contributed by atoms with E-state index in [9.17, 15) is 4.79 Å². The van der Waals surface area contributed by atoms with Crippen molar-refractivity contribution in [2.24, 2.45) is 11.8 Å². The monoisotopic (exact) mass is 385 g/mol. The standard InChI is InChI=1S/C24H39N3O/c1-20(2)11-15-25(3)24(28)22-10-7-14-27(19-22)23-12-16-26(17-13-23)18-21-8-5-4-6-9-21/h4-6,8-9,20,22-23H,7,10-19H2,1-3H3/t22-/m1/s1. The maximum absolute atomic E-state index is 12.9. The molecular weight excluding hydrogens is 346 g/mol. The lowest BCUT2D eigenvalue weighted by atomic mass is 9.92. The van der Waals surface area contributed by atoms with Gasteiger partial charge in [0.25, 0.3) is 0 Å². The normalized spacial score (nSPS) is 22.5. The van der Waals surface area contributed by atoms with Gasteiger partial charge < -0.3 is 4.90 Å². The van der Waals surface area contributed by atoms with Crippen LogP contribution in [0.25, 0.3) is 0 Å². The van der Waals surface area contributed by atoms with Crippen LogP contribution in [0.1, 0.15) is 51.5 Å². The Hall–Kier alpha value is -1.39. The third kappa shape index (κ3) is 6.05. The number of rotatable bonds is 7. The molecule has 0 saturated carbocycles. The first-order chi connectivity index (χ1) is 13.5. The summed E-state index contributed by atoms with van der Waals surface area (Å²) >= 11 is 0. The van der Waals surface area contributed by atoms with E-state index in [0.29, 0.717) is 17.9 Å². The van der Waals surface area contributed by atoms with Crippen molar-refractivity contribution in [2.75, 3.05) is 39.8 Å². The molecule has 0 aliphatic carbocycles. The van der Waals surface area contributed by atoms with Crippen molar-refractivity contribution in [3.63, 3.8) is 0 Å². The Balaban J connectivity index is 1.45. The summed E-state index contributed by atoms with van der Waals surface area (Å²) in [4.78, 5) is 20.1. The van der Waals surface area contributed by atoms with E-state index in [0.717, 1.165) is 32.5 Å². The Bertz CT molecular complexity index is 595. The third-order valence-electron chi connectivity index (χ3n) is 6.54. The van der Waals surface area contributed by atoms with Crippen LogP contribution in [0.2, 0.25) is 0 Å². The van der Waals surface area contributed by atoms with Crippen molar-refractivity contribution in [2.45, 2.75) is 58.5 Å². The fraction of sp³-hybridized carbons (Fsp3) is 0.708. The van der Waals surface area contributed by atoms with Gasteiger partial charge in [0, 0.05) is 32.7 Å². The Morgan fingerprint density at radius 3 is 2.50 bits per heavy atom. The van der Waals surface area contributed by atoms with Crippen LogP contribution in [0.3, 0.4) is 0 Å². The summed E-state index contributed by atoms with van der Waals surface area (Å²) in [6.45, 7) is 10.9. The first-order valence-corrected chi connectivity index (χ1v) is 11.3. The second-order valence-corrected chi connectivity index (χ2v) is 9.27. The van der Waals surface area contributed by atoms with E-state index in [1.165, 1.54) is 44.5 Å². The van der Waals surface area contributed by atoms with E-state index in [1.807, 2.05) is 11.9 Å². The number of hydrogen-bond donors (Lipinski definition) is 0. The maximum Gasteiger partial charge on any atom is 0.226 e. The highest BCUT2D eigenvalue weighted by Crippen LogP contribution is 2.25. The van der Waals surface area contributed by atoms with Gasteiger partial charge in [-0.05, 0) is 63.2 Å². The van der Waals surface area contributed by atoms with Gasteiger partial charge in [0.15, 0.2) is 0 Å². The highest BCUT2D eigenvalue weighted by atomic mass is 16.2. The molecule has 0 spiro atoms. The number of hydrogen-bond acceptors (Lipinski definition) is 3. The first-order valence-electron chi connectivity index (χ1n) is 11.3. The van der Waals surface area contributed by atoms with Gasteiger partial charge in [0.05, 0.1) is 5.92 Å². The molecule has 1 aromatic rings. The molecule has 4 heteroatoms. The SMILES string of the molecule is CC(C)CCN(C)C(=O)[C@@H]1CCCN(C2CCN(Cc3ccccc3)CC2)C1. The lowest BCUT2D eigenvalue weighted by Gasteiger charge is -2.42. The number of likely N-dealkylation sites (tertiary alicyclic amines) is 2. The largest absolute Gasteiger partial charge is 0.345 e. The topological polar surface area (TPSA) is 26.8 Å². The van der Waals surface area contributed by atoms with E-state index >= 15 is 0 Å². The van der Waals surface area contributed by atoms with E-state index in [2.05, 4.69) is 54.0 Å². The van der Waals surface area contributed by atoms with Crippen LogP contribution >= 0.6 is 0 Å². The van der Waals surface area contributed by atoms with Crippen molar-refractivity contribution in [3.05, 3.63) is 35.9 Å². The minimum Gasteiger partial charge on any atom is -0.345 e. The van der Waals surface area contributed by atoms with Crippen LogP contribution in [-0.4, -0.2) is 66.4 Å². The number of carbonyl (C=O) groups excluding carboxylic acids is 1. The number of piperidine rings is 2.